The maximum atomic E-state index is 13.3. The van der Waals surface area contributed by atoms with Crippen LogP contribution in [0.4, 0.5) is 0 Å². The van der Waals surface area contributed by atoms with Crippen LogP contribution >= 0.6 is 11.3 Å². The Hall–Kier alpha value is -3.36. The summed E-state index contributed by atoms with van der Waals surface area (Å²) in [6.07, 6.45) is 0. The first-order valence-electron chi connectivity index (χ1n) is 8.80. The van der Waals surface area contributed by atoms with Gasteiger partial charge < -0.3 is 0 Å². The number of aromatic nitrogens is 4. The fourth-order valence-electron chi connectivity index (χ4n) is 3.11. The van der Waals surface area contributed by atoms with Crippen LogP contribution in [0.25, 0.3) is 27.5 Å². The van der Waals surface area contributed by atoms with Gasteiger partial charge in [-0.3, -0.25) is 0 Å². The molecule has 0 bridgehead atoms. The number of hydrogen-bond donors (Lipinski definition) is 0. The number of sulfone groups is 1. The molecule has 0 N–H and O–H groups in total. The minimum absolute atomic E-state index is 0.110. The largest absolute Gasteiger partial charge is 0.227 e. The van der Waals surface area contributed by atoms with E-state index in [0.29, 0.717) is 17.0 Å². The van der Waals surface area contributed by atoms with E-state index in [-0.39, 0.29) is 9.92 Å². The van der Waals surface area contributed by atoms with E-state index in [4.69, 9.17) is 0 Å². The van der Waals surface area contributed by atoms with Gasteiger partial charge in [0.15, 0.2) is 5.65 Å². The molecule has 0 aliphatic carbocycles. The minimum Gasteiger partial charge on any atom is -0.217 e. The van der Waals surface area contributed by atoms with Crippen LogP contribution in [0.1, 0.15) is 0 Å². The van der Waals surface area contributed by atoms with Gasteiger partial charge in [0, 0.05) is 11.6 Å². The monoisotopic (exact) mass is 418 g/mol. The van der Waals surface area contributed by atoms with Crippen LogP contribution in [0, 0.1) is 0 Å². The number of thiophene rings is 1. The van der Waals surface area contributed by atoms with Gasteiger partial charge in [-0.2, -0.15) is 5.10 Å². The van der Waals surface area contributed by atoms with E-state index in [1.807, 2.05) is 47.8 Å². The molecule has 2 aromatic carbocycles. The van der Waals surface area contributed by atoms with E-state index >= 15 is 0 Å². The first-order chi connectivity index (χ1) is 14.1. The summed E-state index contributed by atoms with van der Waals surface area (Å²) in [5.74, 6) is 0. The Kier molecular flexibility index (Phi) is 4.22. The highest BCUT2D eigenvalue weighted by atomic mass is 32.2. The molecular formula is C21H14N4O2S2. The zero-order valence-corrected chi connectivity index (χ0v) is 16.6. The van der Waals surface area contributed by atoms with Crippen molar-refractivity contribution in [2.45, 2.75) is 9.92 Å². The molecule has 5 rings (SSSR count). The lowest BCUT2D eigenvalue weighted by molar-refractivity contribution is 0.589. The van der Waals surface area contributed by atoms with Crippen molar-refractivity contribution < 1.29 is 8.42 Å². The summed E-state index contributed by atoms with van der Waals surface area (Å²) in [6, 6.07) is 23.5. The second-order valence-corrected chi connectivity index (χ2v) is 9.13. The van der Waals surface area contributed by atoms with E-state index in [1.165, 1.54) is 11.3 Å². The van der Waals surface area contributed by atoms with Crippen molar-refractivity contribution in [2.75, 3.05) is 0 Å². The van der Waals surface area contributed by atoms with Gasteiger partial charge in [-0.15, -0.1) is 21.5 Å². The van der Waals surface area contributed by atoms with Gasteiger partial charge >= 0.3 is 0 Å². The first kappa shape index (κ1) is 17.7. The average molecular weight is 419 g/mol. The Morgan fingerprint density at radius 2 is 1.55 bits per heavy atom. The zero-order valence-electron chi connectivity index (χ0n) is 15.0. The molecule has 0 saturated heterocycles. The van der Waals surface area contributed by atoms with Gasteiger partial charge in [-0.05, 0) is 23.6 Å². The molecule has 6 nitrogen and oxygen atoms in total. The third-order valence-electron chi connectivity index (χ3n) is 4.48. The second kappa shape index (κ2) is 6.91. The summed E-state index contributed by atoms with van der Waals surface area (Å²) in [6.45, 7) is 0. The number of nitrogens with zero attached hydrogens (tertiary/aromatic N) is 4. The van der Waals surface area contributed by atoms with Crippen LogP contribution in [0.15, 0.2) is 94.2 Å². The molecular weight excluding hydrogens is 404 g/mol. The van der Waals surface area contributed by atoms with Gasteiger partial charge in [0.25, 0.3) is 0 Å². The molecule has 3 heterocycles. The van der Waals surface area contributed by atoms with E-state index < -0.39 is 9.84 Å². The lowest BCUT2D eigenvalue weighted by Crippen LogP contribution is -2.11. The lowest BCUT2D eigenvalue weighted by Gasteiger charge is -2.09. The van der Waals surface area contributed by atoms with Crippen molar-refractivity contribution in [3.05, 3.63) is 84.2 Å². The van der Waals surface area contributed by atoms with E-state index in [9.17, 15) is 8.42 Å². The molecule has 0 atom stereocenters. The van der Waals surface area contributed by atoms with Crippen molar-refractivity contribution in [1.82, 2.24) is 19.8 Å². The fraction of sp³-hybridized carbons (Fsp3) is 0. The summed E-state index contributed by atoms with van der Waals surface area (Å²) >= 11 is 1.43. The predicted molar refractivity (Wildman–Crippen MR) is 111 cm³/mol. The zero-order chi connectivity index (χ0) is 19.8. The first-order valence-corrected chi connectivity index (χ1v) is 11.2. The van der Waals surface area contributed by atoms with Crippen LogP contribution < -0.4 is 0 Å². The molecule has 8 heteroatoms. The Morgan fingerprint density at radius 3 is 2.24 bits per heavy atom. The van der Waals surface area contributed by atoms with E-state index in [0.717, 1.165) is 10.4 Å². The lowest BCUT2D eigenvalue weighted by atomic mass is 10.2. The Bertz CT molecular complexity index is 1400. The summed E-state index contributed by atoms with van der Waals surface area (Å²) in [5.41, 5.74) is 2.52. The molecule has 0 aliphatic heterocycles. The number of benzene rings is 2. The Balaban J connectivity index is 1.81. The molecule has 0 radical (unpaired) electrons. The molecule has 29 heavy (non-hydrogen) atoms. The number of hydrogen-bond acceptors (Lipinski definition) is 6. The highest BCUT2D eigenvalue weighted by molar-refractivity contribution is 7.91. The molecule has 0 saturated carbocycles. The quantitative estimate of drug-likeness (QED) is 0.434. The van der Waals surface area contributed by atoms with Gasteiger partial charge in [-0.25, -0.2) is 12.9 Å². The van der Waals surface area contributed by atoms with E-state index in [2.05, 4.69) is 15.3 Å². The number of fused-ring (bicyclic) bond motifs is 1. The Labute approximate surface area is 171 Å². The highest BCUT2D eigenvalue weighted by Crippen LogP contribution is 2.33. The minimum atomic E-state index is -3.87. The third kappa shape index (κ3) is 3.02. The van der Waals surface area contributed by atoms with Crippen molar-refractivity contribution in [3.8, 4) is 21.8 Å². The van der Waals surface area contributed by atoms with Crippen LogP contribution in [-0.4, -0.2) is 28.2 Å². The second-order valence-electron chi connectivity index (χ2n) is 6.31. The Morgan fingerprint density at radius 1 is 0.828 bits per heavy atom. The summed E-state index contributed by atoms with van der Waals surface area (Å²) in [4.78, 5) is 0.920. The maximum Gasteiger partial charge on any atom is 0.227 e. The normalized spacial score (nSPS) is 11.7. The van der Waals surface area contributed by atoms with Crippen LogP contribution in [0.5, 0.6) is 0 Å². The summed E-state index contributed by atoms with van der Waals surface area (Å²) < 4.78 is 28.2. The van der Waals surface area contributed by atoms with Gasteiger partial charge in [0.1, 0.15) is 5.69 Å². The molecule has 0 spiro atoms. The van der Waals surface area contributed by atoms with Crippen molar-refractivity contribution in [1.29, 1.82) is 0 Å². The van der Waals surface area contributed by atoms with Crippen LogP contribution in [0.3, 0.4) is 0 Å². The highest BCUT2D eigenvalue weighted by Gasteiger charge is 2.28. The van der Waals surface area contributed by atoms with Gasteiger partial charge in [0.05, 0.1) is 15.5 Å². The molecule has 0 fully saturated rings. The molecule has 3 aromatic heterocycles. The molecule has 0 amide bonds. The van der Waals surface area contributed by atoms with Crippen LogP contribution in [0.2, 0.25) is 0 Å². The van der Waals surface area contributed by atoms with Crippen molar-refractivity contribution in [2.24, 2.45) is 0 Å². The van der Waals surface area contributed by atoms with Crippen molar-refractivity contribution in [3.63, 3.8) is 0 Å². The third-order valence-corrected chi connectivity index (χ3v) is 7.03. The molecule has 0 aliphatic rings. The predicted octanol–water partition coefficient (Wildman–Crippen LogP) is 4.35. The van der Waals surface area contributed by atoms with Gasteiger partial charge in [0.2, 0.25) is 14.9 Å². The standard InChI is InChI=1S/C21H14N4O2S2/c26-29(27,16-10-5-2-6-11-16)21-20(18-12-7-13-28-18)25-19(22-23-21)14-17(24-25)15-8-3-1-4-9-15/h1-14H. The number of rotatable bonds is 4. The maximum absolute atomic E-state index is 13.3. The average Bonchev–Trinajstić information content (AvgIpc) is 3.44. The summed E-state index contributed by atoms with van der Waals surface area (Å²) in [7, 11) is -3.87. The van der Waals surface area contributed by atoms with Crippen LogP contribution in [-0.2, 0) is 9.84 Å². The van der Waals surface area contributed by atoms with Crippen molar-refractivity contribution >= 4 is 26.8 Å². The SMILES string of the molecule is O=S(=O)(c1ccccc1)c1nnc2cc(-c3ccccc3)nn2c1-c1cccs1. The smallest absolute Gasteiger partial charge is 0.217 e. The molecule has 142 valence electrons. The van der Waals surface area contributed by atoms with Gasteiger partial charge in [-0.1, -0.05) is 54.6 Å². The van der Waals surface area contributed by atoms with E-state index in [1.54, 1.807) is 40.9 Å². The topological polar surface area (TPSA) is 77.2 Å². The fourth-order valence-corrected chi connectivity index (χ4v) is 5.27. The summed E-state index contributed by atoms with van der Waals surface area (Å²) in [5, 5.41) is 14.7. The molecule has 0 unspecified atom stereocenters. The molecule has 5 aromatic rings.